The fourth-order valence-electron chi connectivity index (χ4n) is 1.98. The summed E-state index contributed by atoms with van der Waals surface area (Å²) in [7, 11) is 3.27. The highest BCUT2D eigenvalue weighted by Crippen LogP contribution is 2.31. The van der Waals surface area contributed by atoms with Crippen LogP contribution in [-0.2, 0) is 11.2 Å². The summed E-state index contributed by atoms with van der Waals surface area (Å²) in [6.45, 7) is 1.69. The third-order valence-corrected chi connectivity index (χ3v) is 3.52. The van der Waals surface area contributed by atoms with Gasteiger partial charge in [-0.05, 0) is 24.6 Å². The number of rotatable bonds is 4. The molecule has 0 saturated heterocycles. The van der Waals surface area contributed by atoms with Crippen molar-refractivity contribution in [3.63, 3.8) is 0 Å². The van der Waals surface area contributed by atoms with E-state index in [-0.39, 0.29) is 34.5 Å². The second-order valence-corrected chi connectivity index (χ2v) is 5.73. The molecule has 0 saturated carbocycles. The Bertz CT molecular complexity index is 831. The molecule has 5 nitrogen and oxygen atoms in total. The fourth-order valence-corrected chi connectivity index (χ4v) is 2.25. The summed E-state index contributed by atoms with van der Waals surface area (Å²) in [6.07, 6.45) is 0.0911. The van der Waals surface area contributed by atoms with E-state index in [0.29, 0.717) is 11.3 Å². The summed E-state index contributed by atoms with van der Waals surface area (Å²) < 4.78 is 19.7. The summed E-state index contributed by atoms with van der Waals surface area (Å²) in [5, 5.41) is 9.14. The van der Waals surface area contributed by atoms with E-state index in [0.717, 1.165) is 0 Å². The minimum atomic E-state index is -0.631. The molecule has 0 spiro atoms. The number of nitriles is 1. The first-order valence-electron chi connectivity index (χ1n) is 7.05. The van der Waals surface area contributed by atoms with Gasteiger partial charge in [0, 0.05) is 25.9 Å². The molecular formula is C17H15ClFN3O2. The largest absolute Gasteiger partial charge is 0.453 e. The standard InChI is InChI=1S/C17H15ClFN3O2/c1-10-6-15(12(9-20)17(18)21-10)24-14-5-4-11(7-13(14)19)8-16(23)22(2)3/h4-7H,8H2,1-3H3. The predicted molar refractivity (Wildman–Crippen MR) is 87.6 cm³/mol. The number of likely N-dealkylation sites (N-methyl/N-ethyl adjacent to an activating group) is 1. The highest BCUT2D eigenvalue weighted by Gasteiger charge is 2.15. The van der Waals surface area contributed by atoms with Gasteiger partial charge in [-0.2, -0.15) is 5.26 Å². The van der Waals surface area contributed by atoms with Crippen molar-refractivity contribution in [1.29, 1.82) is 5.26 Å². The fraction of sp³-hybridized carbons (Fsp3) is 0.235. The number of pyridine rings is 1. The van der Waals surface area contributed by atoms with Gasteiger partial charge in [-0.3, -0.25) is 4.79 Å². The number of aromatic nitrogens is 1. The highest BCUT2D eigenvalue weighted by molar-refractivity contribution is 6.30. The van der Waals surface area contributed by atoms with Crippen LogP contribution in [0.2, 0.25) is 5.15 Å². The van der Waals surface area contributed by atoms with Crippen LogP contribution >= 0.6 is 11.6 Å². The molecule has 0 bridgehead atoms. The lowest BCUT2D eigenvalue weighted by atomic mass is 10.1. The molecule has 0 aliphatic heterocycles. The van der Waals surface area contributed by atoms with E-state index in [1.54, 1.807) is 27.1 Å². The van der Waals surface area contributed by atoms with Crippen molar-refractivity contribution in [2.24, 2.45) is 0 Å². The third kappa shape index (κ3) is 4.00. The molecule has 24 heavy (non-hydrogen) atoms. The minimum Gasteiger partial charge on any atom is -0.453 e. The lowest BCUT2D eigenvalue weighted by molar-refractivity contribution is -0.127. The van der Waals surface area contributed by atoms with Gasteiger partial charge in [0.15, 0.2) is 16.7 Å². The molecule has 1 heterocycles. The highest BCUT2D eigenvalue weighted by atomic mass is 35.5. The zero-order valence-corrected chi connectivity index (χ0v) is 14.2. The molecule has 1 aromatic heterocycles. The van der Waals surface area contributed by atoms with Gasteiger partial charge in [-0.15, -0.1) is 0 Å². The Labute approximate surface area is 144 Å². The number of hydrogen-bond donors (Lipinski definition) is 0. The number of nitrogens with zero attached hydrogens (tertiary/aromatic N) is 3. The molecule has 0 N–H and O–H groups in total. The average Bonchev–Trinajstić information content (AvgIpc) is 2.49. The topological polar surface area (TPSA) is 66.2 Å². The third-order valence-electron chi connectivity index (χ3n) is 3.25. The molecule has 0 aliphatic carbocycles. The smallest absolute Gasteiger partial charge is 0.226 e. The Kier molecular flexibility index (Phi) is 5.37. The minimum absolute atomic E-state index is 0.00103. The molecule has 1 aromatic carbocycles. The molecule has 1 amide bonds. The van der Waals surface area contributed by atoms with Crippen LogP contribution in [0.1, 0.15) is 16.8 Å². The van der Waals surface area contributed by atoms with Gasteiger partial charge in [0.05, 0.1) is 6.42 Å². The van der Waals surface area contributed by atoms with Crippen molar-refractivity contribution < 1.29 is 13.9 Å². The first kappa shape index (κ1) is 17.7. The van der Waals surface area contributed by atoms with Gasteiger partial charge in [-0.25, -0.2) is 9.37 Å². The first-order valence-corrected chi connectivity index (χ1v) is 7.43. The number of hydrogen-bond acceptors (Lipinski definition) is 4. The van der Waals surface area contributed by atoms with Crippen molar-refractivity contribution in [2.45, 2.75) is 13.3 Å². The number of benzene rings is 1. The SMILES string of the molecule is Cc1cc(Oc2ccc(CC(=O)N(C)C)cc2F)c(C#N)c(Cl)n1. The summed E-state index contributed by atoms with van der Waals surface area (Å²) in [5.41, 5.74) is 1.11. The molecule has 0 radical (unpaired) electrons. The summed E-state index contributed by atoms with van der Waals surface area (Å²) >= 11 is 5.90. The van der Waals surface area contributed by atoms with Gasteiger partial charge in [0.1, 0.15) is 17.4 Å². The molecule has 0 fully saturated rings. The van der Waals surface area contributed by atoms with Crippen LogP contribution in [0.4, 0.5) is 4.39 Å². The van der Waals surface area contributed by atoms with E-state index >= 15 is 0 Å². The normalized spacial score (nSPS) is 10.2. The van der Waals surface area contributed by atoms with Crippen LogP contribution < -0.4 is 4.74 Å². The molecule has 124 valence electrons. The molecule has 7 heteroatoms. The Balaban J connectivity index is 2.29. The van der Waals surface area contributed by atoms with Gasteiger partial charge < -0.3 is 9.64 Å². The Morgan fingerprint density at radius 1 is 1.38 bits per heavy atom. The van der Waals surface area contributed by atoms with Crippen LogP contribution in [0.5, 0.6) is 11.5 Å². The zero-order chi connectivity index (χ0) is 17.9. The van der Waals surface area contributed by atoms with Crippen LogP contribution in [0, 0.1) is 24.1 Å². The van der Waals surface area contributed by atoms with Crippen LogP contribution in [0.3, 0.4) is 0 Å². The van der Waals surface area contributed by atoms with Crippen molar-refractivity contribution in [1.82, 2.24) is 9.88 Å². The Morgan fingerprint density at radius 2 is 2.08 bits per heavy atom. The van der Waals surface area contributed by atoms with Crippen molar-refractivity contribution in [3.8, 4) is 17.6 Å². The maximum absolute atomic E-state index is 14.2. The summed E-state index contributed by atoms with van der Waals surface area (Å²) in [6, 6.07) is 7.64. The summed E-state index contributed by atoms with van der Waals surface area (Å²) in [5.74, 6) is -0.694. The van der Waals surface area contributed by atoms with E-state index < -0.39 is 5.82 Å². The zero-order valence-electron chi connectivity index (χ0n) is 13.4. The molecule has 0 atom stereocenters. The molecule has 0 unspecified atom stereocenters. The first-order chi connectivity index (χ1) is 11.3. The predicted octanol–water partition coefficient (Wildman–Crippen LogP) is 3.48. The van der Waals surface area contributed by atoms with Gasteiger partial charge in [0.25, 0.3) is 0 Å². The van der Waals surface area contributed by atoms with E-state index in [4.69, 9.17) is 21.6 Å². The maximum atomic E-state index is 14.2. The number of carbonyl (C=O) groups excluding carboxylic acids is 1. The number of halogens is 2. The maximum Gasteiger partial charge on any atom is 0.226 e. The molecule has 2 aromatic rings. The van der Waals surface area contributed by atoms with Gasteiger partial charge >= 0.3 is 0 Å². The number of aryl methyl sites for hydroxylation is 1. The van der Waals surface area contributed by atoms with Crippen LogP contribution in [0.15, 0.2) is 24.3 Å². The second-order valence-electron chi connectivity index (χ2n) is 5.37. The van der Waals surface area contributed by atoms with Gasteiger partial charge in [-0.1, -0.05) is 17.7 Å². The van der Waals surface area contributed by atoms with Gasteiger partial charge in [0.2, 0.25) is 5.91 Å². The number of amides is 1. The van der Waals surface area contributed by atoms with Crippen molar-refractivity contribution in [2.75, 3.05) is 14.1 Å². The molecular weight excluding hydrogens is 333 g/mol. The summed E-state index contributed by atoms with van der Waals surface area (Å²) in [4.78, 5) is 17.1. The lowest BCUT2D eigenvalue weighted by Gasteiger charge is -2.12. The lowest BCUT2D eigenvalue weighted by Crippen LogP contribution is -2.23. The van der Waals surface area contributed by atoms with Crippen molar-refractivity contribution in [3.05, 3.63) is 52.1 Å². The Morgan fingerprint density at radius 3 is 2.67 bits per heavy atom. The molecule has 2 rings (SSSR count). The van der Waals surface area contributed by atoms with E-state index in [2.05, 4.69) is 4.98 Å². The number of ether oxygens (including phenoxy) is 1. The molecule has 0 aliphatic rings. The van der Waals surface area contributed by atoms with Crippen molar-refractivity contribution >= 4 is 17.5 Å². The Hall–Kier alpha value is -2.65. The van der Waals surface area contributed by atoms with Crippen LogP contribution in [0.25, 0.3) is 0 Å². The number of carbonyl (C=O) groups is 1. The van der Waals surface area contributed by atoms with E-state index in [1.807, 2.05) is 6.07 Å². The second kappa shape index (κ2) is 7.28. The van der Waals surface area contributed by atoms with E-state index in [1.165, 1.54) is 23.1 Å². The van der Waals surface area contributed by atoms with Crippen LogP contribution in [-0.4, -0.2) is 29.9 Å². The average molecular weight is 348 g/mol. The monoisotopic (exact) mass is 347 g/mol. The van der Waals surface area contributed by atoms with E-state index in [9.17, 15) is 9.18 Å². The quantitative estimate of drug-likeness (QED) is 0.794.